The second kappa shape index (κ2) is 12.6. The van der Waals surface area contributed by atoms with Crippen molar-refractivity contribution in [1.82, 2.24) is 0 Å². The van der Waals surface area contributed by atoms with Crippen LogP contribution in [0.2, 0.25) is 0 Å². The summed E-state index contributed by atoms with van der Waals surface area (Å²) < 4.78 is 0. The monoisotopic (exact) mass is 398 g/mol. The van der Waals surface area contributed by atoms with Gasteiger partial charge in [-0.3, -0.25) is 0 Å². The van der Waals surface area contributed by atoms with Gasteiger partial charge in [-0.05, 0) is 0 Å². The summed E-state index contributed by atoms with van der Waals surface area (Å²) in [4.78, 5) is 35.0. The van der Waals surface area contributed by atoms with Crippen molar-refractivity contribution in [1.29, 1.82) is 0 Å². The van der Waals surface area contributed by atoms with Crippen molar-refractivity contribution in [3.8, 4) is 0 Å². The van der Waals surface area contributed by atoms with E-state index < -0.39 is 5.09 Å². The summed E-state index contributed by atoms with van der Waals surface area (Å²) in [6.45, 7) is -0.340. The van der Waals surface area contributed by atoms with Crippen LogP contribution in [0.15, 0.2) is 0 Å². The average Bonchev–Trinajstić information content (AvgIpc) is 1.68. The first kappa shape index (κ1) is 17.1. The van der Waals surface area contributed by atoms with Crippen LogP contribution in [0.5, 0.6) is 0 Å². The molecule has 2 radical (unpaired) electrons. The molecule has 0 N–H and O–H groups in total. The molecule has 10 heavy (non-hydrogen) atoms. The molecule has 0 aromatic rings. The van der Waals surface area contributed by atoms with E-state index in [0.717, 1.165) is 0 Å². The van der Waals surface area contributed by atoms with Crippen LogP contribution in [0, 0.1) is 76.1 Å². The van der Waals surface area contributed by atoms with Crippen molar-refractivity contribution >= 4 is 12.9 Å². The fraction of sp³-hybridized carbons (Fsp3) is 0. The zero-order chi connectivity index (χ0) is 6.41. The van der Waals surface area contributed by atoms with Gasteiger partial charge in [-0.1, -0.05) is 0 Å². The number of rotatable bonds is 4. The molecule has 0 aliphatic rings. The summed E-state index contributed by atoms with van der Waals surface area (Å²) in [6, 6.07) is 0. The van der Waals surface area contributed by atoms with Gasteiger partial charge in [0.15, 0.2) is 0 Å². The molecule has 0 aliphatic heterocycles. The third-order valence-electron chi connectivity index (χ3n) is 0.258. The molecule has 0 heterocycles. The molecule has 0 unspecified atom stereocenters. The number of hydrogen-bond acceptors (Lipinski definition) is 5. The van der Waals surface area contributed by atoms with Gasteiger partial charge in [0.2, 0.25) is 0 Å². The smallest absolute Gasteiger partial charge is 0.248 e. The van der Waals surface area contributed by atoms with Crippen molar-refractivity contribution in [2.75, 3.05) is 0 Å². The van der Waals surface area contributed by atoms with Gasteiger partial charge in [-0.2, -0.15) is 0 Å². The van der Waals surface area contributed by atoms with Gasteiger partial charge in [0.1, 0.15) is 4.91 Å². The summed E-state index contributed by atoms with van der Waals surface area (Å²) in [5.41, 5.74) is 0. The van der Waals surface area contributed by atoms with E-state index in [1.807, 2.05) is 0 Å². The molecule has 0 amide bonds. The predicted octanol–water partition coefficient (Wildman–Crippen LogP) is -1.06. The molecule has 0 bridgehead atoms. The Morgan fingerprint density at radius 2 is 1.30 bits per heavy atom. The van der Waals surface area contributed by atoms with Crippen LogP contribution in [0.3, 0.4) is 0 Å². The third-order valence-corrected chi connectivity index (χ3v) is 0.258. The second-order valence-corrected chi connectivity index (χ2v) is 0.627. The van der Waals surface area contributed by atoms with Crippen LogP contribution in [-0.2, 0) is 19.3 Å². The largest absolute Gasteiger partial charge is 0.494 e. The number of nitrogens with zero attached hydrogens (tertiary/aromatic N) is 1. The Morgan fingerprint density at radius 1 is 1.00 bits per heavy atom. The van der Waals surface area contributed by atoms with E-state index in [-0.39, 0.29) is 84.1 Å². The zero-order valence-electron chi connectivity index (χ0n) is 4.80. The first-order valence-corrected chi connectivity index (χ1v) is 1.49. The minimum atomic E-state index is -0.625. The Hall–Kier alpha value is 0.930. The second-order valence-electron chi connectivity index (χ2n) is 0.627. The molecule has 0 saturated carbocycles. The summed E-state index contributed by atoms with van der Waals surface area (Å²) >= 11 is 0. The molecule has 50 valence electrons. The van der Waals surface area contributed by atoms with Crippen LogP contribution in [-0.4, -0.2) is 18.0 Å². The molecule has 0 spiro atoms. The van der Waals surface area contributed by atoms with Gasteiger partial charge in [-0.25, -0.2) is 9.59 Å². The van der Waals surface area contributed by atoms with Crippen LogP contribution < -0.4 is 0 Å². The van der Waals surface area contributed by atoms with E-state index in [0.29, 0.717) is 0 Å². The fourth-order valence-electron chi connectivity index (χ4n) is 0.0951. The van der Waals surface area contributed by atoms with Crippen LogP contribution >= 0.6 is 0 Å². The molecule has 0 rings (SSSR count). The van der Waals surface area contributed by atoms with Crippen LogP contribution in [0.1, 0.15) is 0 Å². The first-order chi connectivity index (χ1) is 3.81. The minimum absolute atomic E-state index is 0. The summed E-state index contributed by atoms with van der Waals surface area (Å²) in [5.74, 6) is 0. The van der Waals surface area contributed by atoms with Crippen LogP contribution in [0.25, 0.3) is 0 Å². The third kappa shape index (κ3) is 11.7. The Labute approximate surface area is 112 Å². The van der Waals surface area contributed by atoms with Crippen molar-refractivity contribution < 1.29 is 95.5 Å². The normalized spacial score (nSPS) is 5.60. The van der Waals surface area contributed by atoms with Crippen molar-refractivity contribution in [3.63, 3.8) is 0 Å². The molecule has 8 heteroatoms. The minimum Gasteiger partial charge on any atom is -0.248 e. The SMILES string of the molecule is O=CO[N+](=O)OC=O.[La].[La]. The summed E-state index contributed by atoms with van der Waals surface area (Å²) in [7, 11) is 0. The number of hydrogen-bond donors (Lipinski definition) is 0. The molecule has 0 aliphatic carbocycles. The van der Waals surface area contributed by atoms with Crippen molar-refractivity contribution in [2.24, 2.45) is 0 Å². The van der Waals surface area contributed by atoms with Gasteiger partial charge in [-0.15, -0.1) is 9.68 Å². The molecule has 0 atom stereocenters. The topological polar surface area (TPSA) is 72.7 Å². The maximum absolute atomic E-state index is 9.65. The van der Waals surface area contributed by atoms with E-state index >= 15 is 0 Å². The average molecular weight is 398 g/mol. The predicted molar refractivity (Wildman–Crippen MR) is 17.9 cm³/mol. The Balaban J connectivity index is -0.000000245. The van der Waals surface area contributed by atoms with Gasteiger partial charge < -0.3 is 0 Å². The van der Waals surface area contributed by atoms with Crippen LogP contribution in [0.4, 0.5) is 0 Å². The molecule has 0 saturated heterocycles. The number of carbonyl (C=O) groups is 2. The van der Waals surface area contributed by atoms with E-state index in [2.05, 4.69) is 9.68 Å². The van der Waals surface area contributed by atoms with Gasteiger partial charge >= 0.3 is 18.0 Å². The maximum Gasteiger partial charge on any atom is 0.494 e. The maximum atomic E-state index is 9.65. The molecule has 0 aromatic carbocycles. The summed E-state index contributed by atoms with van der Waals surface area (Å²) in [5, 5.41) is -0.625. The van der Waals surface area contributed by atoms with Gasteiger partial charge in [0.25, 0.3) is 0 Å². The van der Waals surface area contributed by atoms with Crippen molar-refractivity contribution in [2.45, 2.75) is 0 Å². The van der Waals surface area contributed by atoms with E-state index in [9.17, 15) is 14.5 Å². The van der Waals surface area contributed by atoms with Gasteiger partial charge in [0, 0.05) is 71.2 Å². The van der Waals surface area contributed by atoms with Crippen molar-refractivity contribution in [3.05, 3.63) is 4.91 Å². The quantitative estimate of drug-likeness (QED) is 0.447. The number of carbonyl (C=O) groups excluding carboxylic acids is 2. The molecule has 6 nitrogen and oxygen atoms in total. The Bertz CT molecular complexity index is 104. The fourth-order valence-corrected chi connectivity index (χ4v) is 0.0951. The Morgan fingerprint density at radius 3 is 1.50 bits per heavy atom. The molecule has 0 fully saturated rings. The van der Waals surface area contributed by atoms with E-state index in [1.165, 1.54) is 0 Å². The van der Waals surface area contributed by atoms with E-state index in [4.69, 9.17) is 0 Å². The van der Waals surface area contributed by atoms with E-state index in [1.54, 1.807) is 0 Å². The zero-order valence-corrected chi connectivity index (χ0v) is 12.0. The van der Waals surface area contributed by atoms with Gasteiger partial charge in [0.05, 0.1) is 0 Å². The molecular weight excluding hydrogens is 396 g/mol. The molecular formula is C2H2La2NO5+. The first-order valence-electron chi connectivity index (χ1n) is 1.49. The molecule has 0 aromatic heterocycles. The Kier molecular flexibility index (Phi) is 21.6. The summed E-state index contributed by atoms with van der Waals surface area (Å²) in [6.07, 6.45) is 0. The standard InChI is InChI=1S/C2H2NO5.2La/c4-1-7-3(6)8-2-5;;/h1-2H;;/q+1;;.